The molecule has 1 fully saturated rings. The van der Waals surface area contributed by atoms with Crippen molar-refractivity contribution in [2.24, 2.45) is 4.99 Å². The van der Waals surface area contributed by atoms with Crippen molar-refractivity contribution in [1.82, 2.24) is 19.9 Å². The zero-order valence-electron chi connectivity index (χ0n) is 18.2. The van der Waals surface area contributed by atoms with E-state index in [1.54, 1.807) is 19.3 Å². The van der Waals surface area contributed by atoms with Crippen LogP contribution in [0.3, 0.4) is 0 Å². The number of nitrogens with one attached hydrogen (secondary N) is 2. The highest BCUT2D eigenvalue weighted by atomic mass is 127. The summed E-state index contributed by atoms with van der Waals surface area (Å²) in [6, 6.07) is 9.56. The van der Waals surface area contributed by atoms with Crippen LogP contribution in [0.25, 0.3) is 0 Å². The van der Waals surface area contributed by atoms with Gasteiger partial charge in [-0.25, -0.2) is 13.1 Å². The van der Waals surface area contributed by atoms with Crippen LogP contribution in [0.2, 0.25) is 0 Å². The predicted molar refractivity (Wildman–Crippen MR) is 136 cm³/mol. The van der Waals surface area contributed by atoms with Gasteiger partial charge in [-0.15, -0.1) is 24.0 Å². The Kier molecular flexibility index (Phi) is 9.51. The minimum Gasteiger partial charge on any atom is -0.368 e. The normalized spacial score (nSPS) is 14.9. The van der Waals surface area contributed by atoms with Gasteiger partial charge in [0.15, 0.2) is 5.96 Å². The van der Waals surface area contributed by atoms with E-state index in [-0.39, 0.29) is 35.4 Å². The molecule has 8 nitrogen and oxygen atoms in total. The SMILES string of the molecule is CN=C(NCCNS(=O)(=O)c1cccnc1)N1CCN(c2cccc(C)c2C)CC1.I. The molecule has 3 rings (SSSR count). The van der Waals surface area contributed by atoms with Crippen LogP contribution in [0, 0.1) is 13.8 Å². The van der Waals surface area contributed by atoms with Crippen LogP contribution >= 0.6 is 24.0 Å². The van der Waals surface area contributed by atoms with E-state index in [4.69, 9.17) is 0 Å². The van der Waals surface area contributed by atoms with Crippen LogP contribution in [0.15, 0.2) is 52.6 Å². The van der Waals surface area contributed by atoms with E-state index < -0.39 is 10.0 Å². The predicted octanol–water partition coefficient (Wildman–Crippen LogP) is 1.99. The molecule has 0 spiro atoms. The lowest BCUT2D eigenvalue weighted by molar-refractivity contribution is 0.372. The second kappa shape index (κ2) is 11.6. The quantitative estimate of drug-likeness (QED) is 0.244. The lowest BCUT2D eigenvalue weighted by Gasteiger charge is -2.38. The molecule has 0 amide bonds. The number of sulfonamides is 1. The van der Waals surface area contributed by atoms with E-state index in [0.29, 0.717) is 6.54 Å². The first-order chi connectivity index (χ1) is 14.4. The number of piperazine rings is 1. The van der Waals surface area contributed by atoms with E-state index in [1.165, 1.54) is 29.1 Å². The largest absolute Gasteiger partial charge is 0.368 e. The van der Waals surface area contributed by atoms with Gasteiger partial charge in [0.1, 0.15) is 4.90 Å². The van der Waals surface area contributed by atoms with Crippen molar-refractivity contribution >= 4 is 45.6 Å². The Bertz CT molecular complexity index is 977. The number of halogens is 1. The number of benzene rings is 1. The molecule has 1 aliphatic heterocycles. The third-order valence-electron chi connectivity index (χ3n) is 5.35. The molecule has 1 aliphatic rings. The molecular weight excluding hydrogens is 527 g/mol. The summed E-state index contributed by atoms with van der Waals surface area (Å²) in [5.74, 6) is 0.788. The van der Waals surface area contributed by atoms with Crippen LogP contribution in [-0.2, 0) is 10.0 Å². The fourth-order valence-electron chi connectivity index (χ4n) is 3.52. The summed E-state index contributed by atoms with van der Waals surface area (Å²) in [4.78, 5) is 13.0. The van der Waals surface area contributed by atoms with Crippen molar-refractivity contribution in [2.75, 3.05) is 51.2 Å². The Morgan fingerprint density at radius 2 is 1.84 bits per heavy atom. The van der Waals surface area contributed by atoms with E-state index in [2.05, 4.69) is 61.9 Å². The Hall–Kier alpha value is -1.92. The van der Waals surface area contributed by atoms with Crippen LogP contribution in [0.4, 0.5) is 5.69 Å². The standard InChI is InChI=1S/C21H30N6O2S.HI/c1-17-6-4-8-20(18(17)2)26-12-14-27(15-13-26)21(22-3)24-10-11-25-30(28,29)19-7-5-9-23-16-19;/h4-9,16,25H,10-15H2,1-3H3,(H,22,24);1H. The molecule has 10 heteroatoms. The molecule has 0 radical (unpaired) electrons. The molecule has 170 valence electrons. The molecule has 2 N–H and O–H groups in total. The Labute approximate surface area is 202 Å². The minimum absolute atomic E-state index is 0. The zero-order chi connectivity index (χ0) is 21.6. The Balaban J connectivity index is 0.00000341. The zero-order valence-corrected chi connectivity index (χ0v) is 21.4. The van der Waals surface area contributed by atoms with Crippen molar-refractivity contribution in [3.8, 4) is 0 Å². The van der Waals surface area contributed by atoms with E-state index in [9.17, 15) is 8.42 Å². The van der Waals surface area contributed by atoms with Gasteiger partial charge in [0.25, 0.3) is 0 Å². The number of hydrogen-bond donors (Lipinski definition) is 2. The summed E-state index contributed by atoms with van der Waals surface area (Å²) in [6.45, 7) is 8.57. The fraction of sp³-hybridized carbons (Fsp3) is 0.429. The number of aryl methyl sites for hydroxylation is 1. The van der Waals surface area contributed by atoms with Gasteiger partial charge < -0.3 is 15.1 Å². The second-order valence-corrected chi connectivity index (χ2v) is 9.02. The molecule has 0 saturated carbocycles. The maximum atomic E-state index is 12.2. The maximum Gasteiger partial charge on any atom is 0.242 e. The molecule has 0 atom stereocenters. The van der Waals surface area contributed by atoms with E-state index in [0.717, 1.165) is 32.1 Å². The monoisotopic (exact) mass is 558 g/mol. The average Bonchev–Trinajstić information content (AvgIpc) is 2.77. The molecule has 2 heterocycles. The number of aliphatic imine (C=N–C) groups is 1. The van der Waals surface area contributed by atoms with Gasteiger partial charge in [0, 0.05) is 64.4 Å². The lowest BCUT2D eigenvalue weighted by Crippen LogP contribution is -2.53. The lowest BCUT2D eigenvalue weighted by atomic mass is 10.1. The third-order valence-corrected chi connectivity index (χ3v) is 6.80. The number of anilines is 1. The number of guanidine groups is 1. The molecule has 0 aliphatic carbocycles. The molecule has 2 aromatic rings. The van der Waals surface area contributed by atoms with E-state index >= 15 is 0 Å². The first-order valence-corrected chi connectivity index (χ1v) is 11.6. The van der Waals surface area contributed by atoms with Gasteiger partial charge in [0.05, 0.1) is 0 Å². The first-order valence-electron chi connectivity index (χ1n) is 10.1. The van der Waals surface area contributed by atoms with Gasteiger partial charge in [-0.05, 0) is 43.2 Å². The van der Waals surface area contributed by atoms with Gasteiger partial charge in [-0.2, -0.15) is 0 Å². The Morgan fingerprint density at radius 1 is 1.10 bits per heavy atom. The summed E-state index contributed by atoms with van der Waals surface area (Å²) in [6.07, 6.45) is 2.88. The van der Waals surface area contributed by atoms with Crippen molar-refractivity contribution in [1.29, 1.82) is 0 Å². The van der Waals surface area contributed by atoms with Crippen LogP contribution in [0.1, 0.15) is 11.1 Å². The number of rotatable bonds is 6. The second-order valence-electron chi connectivity index (χ2n) is 7.25. The fourth-order valence-corrected chi connectivity index (χ4v) is 4.51. The summed E-state index contributed by atoms with van der Waals surface area (Å²) in [7, 11) is -1.80. The number of nitrogens with zero attached hydrogens (tertiary/aromatic N) is 4. The highest BCUT2D eigenvalue weighted by molar-refractivity contribution is 14.0. The summed E-state index contributed by atoms with van der Waals surface area (Å²) in [5, 5.41) is 3.25. The molecular formula is C21H31IN6O2S. The number of aromatic nitrogens is 1. The van der Waals surface area contributed by atoms with Crippen LogP contribution in [-0.4, -0.2) is 70.6 Å². The van der Waals surface area contributed by atoms with Crippen LogP contribution in [0.5, 0.6) is 0 Å². The smallest absolute Gasteiger partial charge is 0.242 e. The Morgan fingerprint density at radius 3 is 2.48 bits per heavy atom. The van der Waals surface area contributed by atoms with Gasteiger partial charge in [0.2, 0.25) is 10.0 Å². The topological polar surface area (TPSA) is 89.9 Å². The first kappa shape index (κ1) is 25.3. The molecule has 0 bridgehead atoms. The summed E-state index contributed by atoms with van der Waals surface area (Å²) < 4.78 is 27.1. The highest BCUT2D eigenvalue weighted by Crippen LogP contribution is 2.23. The maximum absolute atomic E-state index is 12.2. The summed E-state index contributed by atoms with van der Waals surface area (Å²) in [5.41, 5.74) is 3.93. The van der Waals surface area contributed by atoms with Crippen molar-refractivity contribution in [3.63, 3.8) is 0 Å². The van der Waals surface area contributed by atoms with Crippen molar-refractivity contribution in [2.45, 2.75) is 18.7 Å². The molecule has 31 heavy (non-hydrogen) atoms. The van der Waals surface area contributed by atoms with Gasteiger partial charge in [-0.3, -0.25) is 9.98 Å². The van der Waals surface area contributed by atoms with Gasteiger partial charge >= 0.3 is 0 Å². The summed E-state index contributed by atoms with van der Waals surface area (Å²) >= 11 is 0. The molecule has 1 aromatic carbocycles. The molecule has 0 unspecified atom stereocenters. The average molecular weight is 558 g/mol. The minimum atomic E-state index is -3.55. The van der Waals surface area contributed by atoms with Crippen molar-refractivity contribution in [3.05, 3.63) is 53.9 Å². The van der Waals surface area contributed by atoms with Crippen molar-refractivity contribution < 1.29 is 8.42 Å². The number of hydrogen-bond acceptors (Lipinski definition) is 5. The molecule has 1 aromatic heterocycles. The third kappa shape index (κ3) is 6.53. The highest BCUT2D eigenvalue weighted by Gasteiger charge is 2.21. The molecule has 1 saturated heterocycles. The van der Waals surface area contributed by atoms with Gasteiger partial charge in [-0.1, -0.05) is 12.1 Å². The number of pyridine rings is 1. The van der Waals surface area contributed by atoms with E-state index in [1.807, 2.05) is 0 Å². The van der Waals surface area contributed by atoms with Crippen LogP contribution < -0.4 is 14.9 Å².